The number of benzene rings is 3. The van der Waals surface area contributed by atoms with Crippen molar-refractivity contribution in [3.05, 3.63) is 110 Å². The molecule has 0 saturated heterocycles. The van der Waals surface area contributed by atoms with Gasteiger partial charge in [-0.1, -0.05) is 34.1 Å². The minimum Gasteiger partial charge on any atom is -0.497 e. The highest BCUT2D eigenvalue weighted by molar-refractivity contribution is 9.10. The largest absolute Gasteiger partial charge is 0.497 e. The lowest BCUT2D eigenvalue weighted by atomic mass is 10.1. The third-order valence-corrected chi connectivity index (χ3v) is 6.60. The lowest BCUT2D eigenvalue weighted by Gasteiger charge is -2.11. The molecule has 0 atom stereocenters. The van der Waals surface area contributed by atoms with E-state index in [2.05, 4.69) is 26.3 Å². The Morgan fingerprint density at radius 1 is 1.06 bits per heavy atom. The van der Waals surface area contributed by atoms with Crippen molar-refractivity contribution in [3.8, 4) is 17.0 Å². The summed E-state index contributed by atoms with van der Waals surface area (Å²) in [6.45, 7) is 0. The van der Waals surface area contributed by atoms with Gasteiger partial charge in [-0.3, -0.25) is 10.2 Å². The average Bonchev–Trinajstić information content (AvgIpc) is 3.26. The quantitative estimate of drug-likeness (QED) is 0.285. The van der Waals surface area contributed by atoms with E-state index in [1.807, 2.05) is 24.3 Å². The Morgan fingerprint density at radius 2 is 1.80 bits per heavy atom. The molecule has 0 bridgehead atoms. The number of methoxy groups -OCH3 is 1. The molecule has 35 heavy (non-hydrogen) atoms. The Hall–Kier alpha value is -3.95. The van der Waals surface area contributed by atoms with E-state index in [0.717, 1.165) is 9.86 Å². The third-order valence-electron chi connectivity index (χ3n) is 5.24. The number of hydrogen-bond acceptors (Lipinski definition) is 6. The first-order valence-electron chi connectivity index (χ1n) is 10.5. The van der Waals surface area contributed by atoms with Gasteiger partial charge in [0.15, 0.2) is 0 Å². The Bertz CT molecular complexity index is 1650. The number of nitrogens with one attached hydrogen (secondary N) is 1. The molecule has 5 rings (SSSR count). The number of carbonyl (C=O) groups excluding carboxylic acids is 1. The molecule has 0 aliphatic heterocycles. The SMILES string of the molecule is COc1ccc(N=c2scc(-c3cc4ccccc4oc3=O)n2NC(=O)c2ccc(Br)cc2)cc1. The number of para-hydroxylation sites is 1. The maximum absolute atomic E-state index is 13.1. The van der Waals surface area contributed by atoms with E-state index in [9.17, 15) is 9.59 Å². The Labute approximate surface area is 212 Å². The van der Waals surface area contributed by atoms with Crippen LogP contribution in [0.25, 0.3) is 22.2 Å². The number of amides is 1. The molecule has 0 unspecified atom stereocenters. The van der Waals surface area contributed by atoms with Gasteiger partial charge in [-0.05, 0) is 60.7 Å². The van der Waals surface area contributed by atoms with Gasteiger partial charge in [-0.15, -0.1) is 11.3 Å². The highest BCUT2D eigenvalue weighted by Crippen LogP contribution is 2.23. The maximum Gasteiger partial charge on any atom is 0.345 e. The third kappa shape index (κ3) is 4.82. The van der Waals surface area contributed by atoms with Crippen molar-refractivity contribution < 1.29 is 13.9 Å². The molecular weight excluding hydrogens is 530 g/mol. The molecule has 3 aromatic carbocycles. The van der Waals surface area contributed by atoms with E-state index in [1.54, 1.807) is 67.1 Å². The smallest absolute Gasteiger partial charge is 0.345 e. The van der Waals surface area contributed by atoms with Crippen molar-refractivity contribution in [2.24, 2.45) is 4.99 Å². The Morgan fingerprint density at radius 3 is 2.54 bits per heavy atom. The van der Waals surface area contributed by atoms with Crippen molar-refractivity contribution in [2.45, 2.75) is 0 Å². The Kier molecular flexibility index (Phi) is 6.35. The predicted octanol–water partition coefficient (Wildman–Crippen LogP) is 5.71. The number of thiazole rings is 1. The van der Waals surface area contributed by atoms with Crippen LogP contribution in [0.5, 0.6) is 5.75 Å². The monoisotopic (exact) mass is 547 g/mol. The first-order valence-corrected chi connectivity index (χ1v) is 12.2. The lowest BCUT2D eigenvalue weighted by molar-refractivity contribution is 0.101. The topological polar surface area (TPSA) is 85.8 Å². The molecule has 1 N–H and O–H groups in total. The van der Waals surface area contributed by atoms with Crippen LogP contribution >= 0.6 is 27.3 Å². The highest BCUT2D eigenvalue weighted by atomic mass is 79.9. The fraction of sp³-hybridized carbons (Fsp3) is 0.0385. The zero-order valence-electron chi connectivity index (χ0n) is 18.4. The van der Waals surface area contributed by atoms with Crippen molar-refractivity contribution in [1.82, 2.24) is 4.68 Å². The summed E-state index contributed by atoms with van der Waals surface area (Å²) >= 11 is 4.67. The van der Waals surface area contributed by atoms with Crippen LogP contribution < -0.4 is 20.6 Å². The molecule has 2 aromatic heterocycles. The van der Waals surface area contributed by atoms with Crippen LogP contribution in [0.1, 0.15) is 10.4 Å². The summed E-state index contributed by atoms with van der Waals surface area (Å²) in [5, 5.41) is 2.54. The van der Waals surface area contributed by atoms with Crippen molar-refractivity contribution in [2.75, 3.05) is 12.5 Å². The van der Waals surface area contributed by atoms with E-state index in [-0.39, 0.29) is 5.91 Å². The molecule has 0 spiro atoms. The van der Waals surface area contributed by atoms with Gasteiger partial charge >= 0.3 is 5.63 Å². The van der Waals surface area contributed by atoms with Crippen LogP contribution in [0, 0.1) is 0 Å². The summed E-state index contributed by atoms with van der Waals surface area (Å²) in [4.78, 5) is 31.1. The number of nitrogens with zero attached hydrogens (tertiary/aromatic N) is 2. The highest BCUT2D eigenvalue weighted by Gasteiger charge is 2.17. The predicted molar refractivity (Wildman–Crippen MR) is 140 cm³/mol. The molecular formula is C26H18BrN3O4S. The zero-order chi connectivity index (χ0) is 24.4. The lowest BCUT2D eigenvalue weighted by Crippen LogP contribution is -2.31. The van der Waals surface area contributed by atoms with Crippen LogP contribution in [0.15, 0.2) is 103 Å². The second-order valence-corrected chi connectivity index (χ2v) is 9.23. The second-order valence-electron chi connectivity index (χ2n) is 7.48. The van der Waals surface area contributed by atoms with Gasteiger partial charge < -0.3 is 9.15 Å². The number of aromatic nitrogens is 1. The minimum atomic E-state index is -0.510. The minimum absolute atomic E-state index is 0.312. The Balaban J connectivity index is 1.65. The normalized spacial score (nSPS) is 11.5. The molecule has 1 amide bonds. The van der Waals surface area contributed by atoms with Gasteiger partial charge in [-0.2, -0.15) is 0 Å². The summed E-state index contributed by atoms with van der Waals surface area (Å²) in [5.74, 6) is 0.361. The van der Waals surface area contributed by atoms with Crippen LogP contribution in [0.4, 0.5) is 5.69 Å². The van der Waals surface area contributed by atoms with Crippen LogP contribution in [-0.2, 0) is 0 Å². The van der Waals surface area contributed by atoms with Crippen LogP contribution in [0.2, 0.25) is 0 Å². The van der Waals surface area contributed by atoms with E-state index < -0.39 is 5.63 Å². The molecule has 0 fully saturated rings. The summed E-state index contributed by atoms with van der Waals surface area (Å²) in [6, 6.07) is 23.2. The van der Waals surface area contributed by atoms with Crippen LogP contribution in [0.3, 0.4) is 0 Å². The van der Waals surface area contributed by atoms with Gasteiger partial charge in [0.2, 0.25) is 4.80 Å². The molecule has 174 valence electrons. The fourth-order valence-electron chi connectivity index (χ4n) is 3.46. The molecule has 0 aliphatic carbocycles. The number of rotatable bonds is 5. The van der Waals surface area contributed by atoms with Crippen LogP contribution in [-0.4, -0.2) is 17.7 Å². The van der Waals surface area contributed by atoms with Gasteiger partial charge in [0.05, 0.1) is 24.1 Å². The van der Waals surface area contributed by atoms with E-state index in [0.29, 0.717) is 38.6 Å². The van der Waals surface area contributed by atoms with Gasteiger partial charge in [-0.25, -0.2) is 14.5 Å². The molecule has 2 heterocycles. The summed E-state index contributed by atoms with van der Waals surface area (Å²) in [6.07, 6.45) is 0. The number of halogens is 1. The standard InChI is InChI=1S/C26H18BrN3O4S/c1-33-20-12-10-19(11-13-20)28-26-30(29-24(31)16-6-8-18(27)9-7-16)22(15-35-26)21-14-17-4-2-3-5-23(17)34-25(21)32/h2-15H,1H3,(H,29,31). The summed E-state index contributed by atoms with van der Waals surface area (Å²) in [5.41, 5.74) is 4.76. The van der Waals surface area contributed by atoms with E-state index in [4.69, 9.17) is 9.15 Å². The van der Waals surface area contributed by atoms with E-state index >= 15 is 0 Å². The fourth-order valence-corrected chi connectivity index (χ4v) is 4.58. The van der Waals surface area contributed by atoms with Crippen molar-refractivity contribution >= 4 is 49.8 Å². The molecule has 0 saturated carbocycles. The van der Waals surface area contributed by atoms with Crippen molar-refractivity contribution in [3.63, 3.8) is 0 Å². The average molecular weight is 548 g/mol. The molecule has 5 aromatic rings. The number of ether oxygens (including phenoxy) is 1. The van der Waals surface area contributed by atoms with Gasteiger partial charge in [0, 0.05) is 20.8 Å². The molecule has 0 radical (unpaired) electrons. The van der Waals surface area contributed by atoms with E-state index in [1.165, 1.54) is 16.0 Å². The first kappa shape index (κ1) is 22.8. The maximum atomic E-state index is 13.1. The molecule has 9 heteroatoms. The second kappa shape index (κ2) is 9.73. The molecule has 7 nitrogen and oxygen atoms in total. The first-order chi connectivity index (χ1) is 17.0. The van der Waals surface area contributed by atoms with Gasteiger partial charge in [0.1, 0.15) is 11.3 Å². The number of carbonyl (C=O) groups is 1. The number of hydrogen-bond donors (Lipinski definition) is 1. The molecule has 0 aliphatic rings. The zero-order valence-corrected chi connectivity index (χ0v) is 20.8. The summed E-state index contributed by atoms with van der Waals surface area (Å²) < 4.78 is 13.1. The summed E-state index contributed by atoms with van der Waals surface area (Å²) in [7, 11) is 1.60. The number of fused-ring (bicyclic) bond motifs is 1. The van der Waals surface area contributed by atoms with Gasteiger partial charge in [0.25, 0.3) is 5.91 Å². The van der Waals surface area contributed by atoms with Crippen molar-refractivity contribution in [1.29, 1.82) is 0 Å².